The van der Waals surface area contributed by atoms with Gasteiger partial charge >= 0.3 is 5.97 Å². The third-order valence-corrected chi connectivity index (χ3v) is 6.90. The number of halogens is 1. The number of rotatable bonds is 5. The van der Waals surface area contributed by atoms with Crippen LogP contribution >= 0.6 is 23.4 Å². The van der Waals surface area contributed by atoms with Gasteiger partial charge in [-0.25, -0.2) is 4.79 Å². The minimum absolute atomic E-state index is 0.00956. The largest absolute Gasteiger partial charge is 0.423 e. The number of hydrogen-bond acceptors (Lipinski definition) is 7. The van der Waals surface area contributed by atoms with E-state index in [1.807, 2.05) is 0 Å². The van der Waals surface area contributed by atoms with E-state index in [1.54, 1.807) is 53.4 Å². The van der Waals surface area contributed by atoms with E-state index < -0.39 is 11.9 Å². The number of ether oxygens (including phenoxy) is 1. The molecular weight excluding hydrogens is 502 g/mol. The quantitative estimate of drug-likeness (QED) is 0.358. The first-order valence-electron chi connectivity index (χ1n) is 11.2. The van der Waals surface area contributed by atoms with Gasteiger partial charge in [-0.3, -0.25) is 15.0 Å². The van der Waals surface area contributed by atoms with Crippen molar-refractivity contribution in [3.63, 3.8) is 0 Å². The van der Waals surface area contributed by atoms with E-state index in [1.165, 1.54) is 11.1 Å². The zero-order chi connectivity index (χ0) is 25.2. The summed E-state index contributed by atoms with van der Waals surface area (Å²) in [5.74, 6) is -0.869. The molecule has 3 heterocycles. The van der Waals surface area contributed by atoms with Gasteiger partial charge in [-0.05, 0) is 72.6 Å². The van der Waals surface area contributed by atoms with E-state index in [9.17, 15) is 14.4 Å². The molecule has 3 aliphatic heterocycles. The number of carbonyl (C=O) groups is 3. The lowest BCUT2D eigenvalue weighted by Crippen LogP contribution is -2.35. The lowest BCUT2D eigenvalue weighted by Gasteiger charge is -2.20. The summed E-state index contributed by atoms with van der Waals surface area (Å²) in [6, 6.07) is 12.9. The van der Waals surface area contributed by atoms with Crippen LogP contribution in [0.4, 0.5) is 0 Å². The second-order valence-electron chi connectivity index (χ2n) is 8.24. The van der Waals surface area contributed by atoms with Crippen molar-refractivity contribution in [1.82, 2.24) is 9.91 Å². The Kier molecular flexibility index (Phi) is 6.71. The number of esters is 1. The highest BCUT2D eigenvalue weighted by Gasteiger charge is 2.36. The number of aliphatic imine (C=N–C) groups is 1. The third-order valence-electron chi connectivity index (χ3n) is 5.74. The van der Waals surface area contributed by atoms with E-state index in [0.29, 0.717) is 26.9 Å². The van der Waals surface area contributed by atoms with Crippen molar-refractivity contribution in [3.05, 3.63) is 70.3 Å². The molecule has 36 heavy (non-hydrogen) atoms. The van der Waals surface area contributed by atoms with Gasteiger partial charge in [0.15, 0.2) is 5.84 Å². The van der Waals surface area contributed by atoms with Crippen LogP contribution in [-0.2, 0) is 9.59 Å². The van der Waals surface area contributed by atoms with Crippen LogP contribution in [0.5, 0.6) is 5.75 Å². The van der Waals surface area contributed by atoms with Crippen molar-refractivity contribution in [1.29, 1.82) is 5.41 Å². The predicted octanol–water partition coefficient (Wildman–Crippen LogP) is 4.19. The molecule has 2 amide bonds. The summed E-state index contributed by atoms with van der Waals surface area (Å²) in [5, 5.41) is 15.5. The summed E-state index contributed by atoms with van der Waals surface area (Å²) in [6.45, 7) is 1.50. The van der Waals surface area contributed by atoms with Crippen LogP contribution in [0.3, 0.4) is 0 Å². The van der Waals surface area contributed by atoms with Gasteiger partial charge in [0.25, 0.3) is 5.91 Å². The summed E-state index contributed by atoms with van der Waals surface area (Å²) >= 11 is 6.98. The number of nitrogens with zero attached hydrogens (tertiary/aromatic N) is 4. The fourth-order valence-electron chi connectivity index (χ4n) is 3.86. The molecule has 0 aromatic heterocycles. The van der Waals surface area contributed by atoms with Gasteiger partial charge < -0.3 is 9.64 Å². The topological polar surface area (TPSA) is 115 Å². The molecular formula is C25H20ClN5O4S. The molecule has 2 aromatic carbocycles. The molecule has 0 unspecified atom stereocenters. The number of thioether (sulfide) groups is 1. The van der Waals surface area contributed by atoms with Crippen molar-refractivity contribution in [2.75, 3.05) is 13.1 Å². The summed E-state index contributed by atoms with van der Waals surface area (Å²) in [7, 11) is 0. The normalized spacial score (nSPS) is 18.3. The molecule has 3 aliphatic rings. The van der Waals surface area contributed by atoms with Gasteiger partial charge in [-0.1, -0.05) is 23.7 Å². The maximum absolute atomic E-state index is 12.6. The van der Waals surface area contributed by atoms with Crippen molar-refractivity contribution in [3.8, 4) is 5.75 Å². The number of hydrogen-bond donors (Lipinski definition) is 1. The first kappa shape index (κ1) is 24.0. The molecule has 11 heteroatoms. The second kappa shape index (κ2) is 10.1. The Morgan fingerprint density at radius 3 is 2.47 bits per heavy atom. The van der Waals surface area contributed by atoms with Crippen LogP contribution in [0.25, 0.3) is 6.08 Å². The zero-order valence-electron chi connectivity index (χ0n) is 18.9. The van der Waals surface area contributed by atoms with Gasteiger partial charge in [0, 0.05) is 18.1 Å². The smallest absolute Gasteiger partial charge is 0.343 e. The van der Waals surface area contributed by atoms with Gasteiger partial charge in [-0.2, -0.15) is 15.1 Å². The Labute approximate surface area is 216 Å². The molecule has 0 spiro atoms. The lowest BCUT2D eigenvalue weighted by molar-refractivity contribution is -0.128. The second-order valence-corrected chi connectivity index (χ2v) is 9.72. The fraction of sp³-hybridized carbons (Fsp3) is 0.200. The van der Waals surface area contributed by atoms with E-state index in [2.05, 4.69) is 10.1 Å². The number of benzene rings is 2. The van der Waals surface area contributed by atoms with Crippen molar-refractivity contribution in [2.24, 2.45) is 10.1 Å². The molecule has 1 saturated heterocycles. The molecule has 1 fully saturated rings. The summed E-state index contributed by atoms with van der Waals surface area (Å²) in [5.41, 5.74) is 1.06. The molecule has 0 radical (unpaired) electrons. The Balaban J connectivity index is 1.27. The molecule has 2 aromatic rings. The fourth-order valence-corrected chi connectivity index (χ4v) is 4.86. The highest BCUT2D eigenvalue weighted by molar-refractivity contribution is 8.27. The van der Waals surface area contributed by atoms with Gasteiger partial charge in [0.1, 0.15) is 10.8 Å². The monoisotopic (exact) mass is 521 g/mol. The summed E-state index contributed by atoms with van der Waals surface area (Å²) in [6.07, 6.45) is 3.66. The highest BCUT2D eigenvalue weighted by Crippen LogP contribution is 2.30. The molecule has 1 N–H and O–H groups in total. The Hall–Kier alpha value is -3.76. The van der Waals surface area contributed by atoms with Crippen LogP contribution < -0.4 is 4.74 Å². The average molecular weight is 522 g/mol. The number of nitrogens with one attached hydrogen (secondary N) is 1. The molecule has 0 aliphatic carbocycles. The van der Waals surface area contributed by atoms with E-state index in [0.717, 1.165) is 37.7 Å². The SMILES string of the molecule is N=C1C(=Cc2ccc(OC(=O)c3ccc(Cl)cc3)cc2)C(=O)N=C2SC(CC(=O)N3CCCC3)=NN12. The standard InChI is InChI=1S/C25H20ClN5O4S/c26-17-7-5-16(6-8-17)24(34)35-18-9-3-15(4-10-18)13-19-22(27)31-25(28-23(19)33)36-20(29-31)14-21(32)30-11-1-2-12-30/h3-10,13,27H,1-2,11-12,14H2. The Morgan fingerprint density at radius 2 is 1.78 bits per heavy atom. The number of hydrazone groups is 1. The number of carbonyl (C=O) groups excluding carboxylic acids is 3. The zero-order valence-corrected chi connectivity index (χ0v) is 20.5. The Bertz CT molecular complexity index is 1350. The minimum Gasteiger partial charge on any atom is -0.423 e. The summed E-state index contributed by atoms with van der Waals surface area (Å²) < 4.78 is 5.37. The molecule has 5 rings (SSSR count). The van der Waals surface area contributed by atoms with Crippen LogP contribution in [0.15, 0.2) is 64.2 Å². The van der Waals surface area contributed by atoms with E-state index in [-0.39, 0.29) is 28.9 Å². The minimum atomic E-state index is -0.556. The number of likely N-dealkylation sites (tertiary alicyclic amines) is 1. The molecule has 0 atom stereocenters. The van der Waals surface area contributed by atoms with Gasteiger partial charge in [-0.15, -0.1) is 0 Å². The number of amidine groups is 2. The third kappa shape index (κ3) is 5.09. The summed E-state index contributed by atoms with van der Waals surface area (Å²) in [4.78, 5) is 43.2. The first-order valence-corrected chi connectivity index (χ1v) is 12.4. The molecule has 0 bridgehead atoms. The van der Waals surface area contributed by atoms with Crippen molar-refractivity contribution >= 4 is 63.3 Å². The van der Waals surface area contributed by atoms with E-state index >= 15 is 0 Å². The van der Waals surface area contributed by atoms with Crippen molar-refractivity contribution < 1.29 is 19.1 Å². The van der Waals surface area contributed by atoms with Gasteiger partial charge in [0.05, 0.1) is 17.6 Å². The predicted molar refractivity (Wildman–Crippen MR) is 138 cm³/mol. The number of amides is 2. The van der Waals surface area contributed by atoms with E-state index in [4.69, 9.17) is 21.7 Å². The van der Waals surface area contributed by atoms with Crippen LogP contribution in [0, 0.1) is 5.41 Å². The van der Waals surface area contributed by atoms with Crippen molar-refractivity contribution in [2.45, 2.75) is 19.3 Å². The highest BCUT2D eigenvalue weighted by atomic mass is 35.5. The van der Waals surface area contributed by atoms with Gasteiger partial charge in [0.2, 0.25) is 11.1 Å². The van der Waals surface area contributed by atoms with Crippen LogP contribution in [-0.4, -0.2) is 56.8 Å². The number of fused-ring (bicyclic) bond motifs is 1. The maximum Gasteiger partial charge on any atom is 0.343 e. The molecule has 182 valence electrons. The molecule has 0 saturated carbocycles. The maximum atomic E-state index is 12.6. The average Bonchev–Trinajstić information content (AvgIpc) is 3.54. The lowest BCUT2D eigenvalue weighted by atomic mass is 10.1. The first-order chi connectivity index (χ1) is 17.4. The van der Waals surface area contributed by atoms with Crippen LogP contribution in [0.2, 0.25) is 5.02 Å². The Morgan fingerprint density at radius 1 is 1.08 bits per heavy atom. The van der Waals surface area contributed by atoms with Crippen LogP contribution in [0.1, 0.15) is 35.2 Å². The molecule has 9 nitrogen and oxygen atoms in total.